The number of benzene rings is 2. The Morgan fingerprint density at radius 3 is 2.50 bits per heavy atom. The Morgan fingerprint density at radius 1 is 1.09 bits per heavy atom. The number of amides is 1. The molecule has 1 aromatic heterocycles. The normalized spacial score (nSPS) is 10.6. The lowest BCUT2D eigenvalue weighted by molar-refractivity contribution is 0.101. The zero-order valence-corrected chi connectivity index (χ0v) is 13.0. The number of ketones is 1. The Hall–Kier alpha value is -2.53. The first-order valence-corrected chi connectivity index (χ1v) is 7.65. The molecule has 0 fully saturated rings. The maximum Gasteiger partial charge on any atom is 0.257 e. The van der Waals surface area contributed by atoms with Gasteiger partial charge in [0.25, 0.3) is 5.91 Å². The Labute approximate surface area is 131 Å². The predicted molar refractivity (Wildman–Crippen MR) is 88.8 cm³/mol. The second-order valence-electron chi connectivity index (χ2n) is 5.01. The molecule has 0 aliphatic carbocycles. The highest BCUT2D eigenvalue weighted by Gasteiger charge is 2.14. The number of nitrogens with one attached hydrogen (secondary N) is 1. The zero-order valence-electron chi connectivity index (χ0n) is 12.2. The van der Waals surface area contributed by atoms with Gasteiger partial charge >= 0.3 is 0 Å². The molecule has 0 saturated heterocycles. The van der Waals surface area contributed by atoms with Crippen LogP contribution in [0.4, 0.5) is 5.13 Å². The number of anilines is 1. The fraction of sp³-hybridized carbons (Fsp3) is 0.118. The van der Waals surface area contributed by atoms with E-state index < -0.39 is 0 Å². The van der Waals surface area contributed by atoms with E-state index in [0.717, 1.165) is 10.8 Å². The molecule has 0 radical (unpaired) electrons. The molecule has 110 valence electrons. The van der Waals surface area contributed by atoms with Crippen molar-refractivity contribution in [3.8, 4) is 0 Å². The average Bonchev–Trinajstić information content (AvgIpc) is 2.87. The largest absolute Gasteiger partial charge is 0.298 e. The first kappa shape index (κ1) is 14.4. The van der Waals surface area contributed by atoms with E-state index in [0.29, 0.717) is 21.3 Å². The lowest BCUT2D eigenvalue weighted by Gasteiger charge is -2.03. The van der Waals surface area contributed by atoms with E-state index in [2.05, 4.69) is 10.3 Å². The quantitative estimate of drug-likeness (QED) is 0.742. The summed E-state index contributed by atoms with van der Waals surface area (Å²) in [6.07, 6.45) is 0. The molecule has 1 heterocycles. The van der Waals surface area contributed by atoms with Gasteiger partial charge in [-0.3, -0.25) is 14.9 Å². The summed E-state index contributed by atoms with van der Waals surface area (Å²) in [5.74, 6) is -0.268. The molecule has 5 heteroatoms. The number of fused-ring (bicyclic) bond motifs is 1. The van der Waals surface area contributed by atoms with Gasteiger partial charge in [-0.1, -0.05) is 41.7 Å². The average molecular weight is 310 g/mol. The van der Waals surface area contributed by atoms with E-state index in [4.69, 9.17) is 0 Å². The second-order valence-corrected chi connectivity index (χ2v) is 6.00. The van der Waals surface area contributed by atoms with Crippen LogP contribution in [0.5, 0.6) is 0 Å². The van der Waals surface area contributed by atoms with Crippen molar-refractivity contribution in [2.24, 2.45) is 0 Å². The van der Waals surface area contributed by atoms with Crippen molar-refractivity contribution in [2.75, 3.05) is 5.32 Å². The lowest BCUT2D eigenvalue weighted by atomic mass is 10.1. The number of rotatable bonds is 3. The van der Waals surface area contributed by atoms with Gasteiger partial charge in [0.05, 0.1) is 10.6 Å². The van der Waals surface area contributed by atoms with Crippen molar-refractivity contribution in [3.63, 3.8) is 0 Å². The molecule has 1 N–H and O–H groups in total. The van der Waals surface area contributed by atoms with Gasteiger partial charge in [-0.2, -0.15) is 0 Å². The molecular weight excluding hydrogens is 296 g/mol. The van der Waals surface area contributed by atoms with Crippen LogP contribution >= 0.6 is 11.3 Å². The van der Waals surface area contributed by atoms with E-state index in [1.165, 1.54) is 18.3 Å². The minimum atomic E-state index is -0.227. The molecule has 0 unspecified atom stereocenters. The fourth-order valence-corrected chi connectivity index (χ4v) is 3.13. The van der Waals surface area contributed by atoms with E-state index in [1.807, 2.05) is 36.4 Å². The van der Waals surface area contributed by atoms with Gasteiger partial charge in [-0.25, -0.2) is 4.98 Å². The van der Waals surface area contributed by atoms with Gasteiger partial charge in [-0.05, 0) is 29.8 Å². The van der Waals surface area contributed by atoms with Crippen LogP contribution in [0, 0.1) is 6.92 Å². The van der Waals surface area contributed by atoms with Gasteiger partial charge in [0, 0.05) is 12.5 Å². The van der Waals surface area contributed by atoms with Crippen molar-refractivity contribution in [3.05, 3.63) is 58.6 Å². The first-order valence-electron chi connectivity index (χ1n) is 6.83. The molecule has 3 aromatic rings. The Bertz CT molecular complexity index is 883. The maximum atomic E-state index is 12.3. The third kappa shape index (κ3) is 2.76. The molecule has 2 aromatic carbocycles. The number of aromatic nitrogens is 1. The highest BCUT2D eigenvalue weighted by atomic mass is 32.1. The monoisotopic (exact) mass is 310 g/mol. The highest BCUT2D eigenvalue weighted by Crippen LogP contribution is 2.24. The molecule has 0 aliphatic rings. The predicted octanol–water partition coefficient (Wildman–Crippen LogP) is 4.06. The molecule has 0 spiro atoms. The topological polar surface area (TPSA) is 59.1 Å². The molecule has 0 aliphatic heterocycles. The van der Waals surface area contributed by atoms with E-state index >= 15 is 0 Å². The number of Topliss-reactive ketones (excluding diaryl/α,β-unsaturated/α-hetero) is 1. The number of thiazole rings is 1. The highest BCUT2D eigenvalue weighted by molar-refractivity contribution is 7.17. The lowest BCUT2D eigenvalue weighted by Crippen LogP contribution is -2.11. The zero-order chi connectivity index (χ0) is 15.7. The number of carbonyl (C=O) groups is 2. The van der Waals surface area contributed by atoms with Crippen molar-refractivity contribution < 1.29 is 9.59 Å². The van der Waals surface area contributed by atoms with Gasteiger partial charge in [-0.15, -0.1) is 0 Å². The number of nitrogens with zero attached hydrogens (tertiary/aromatic N) is 1. The number of hydrogen-bond acceptors (Lipinski definition) is 4. The maximum absolute atomic E-state index is 12.3. The summed E-state index contributed by atoms with van der Waals surface area (Å²) >= 11 is 1.20. The molecule has 1 amide bonds. The van der Waals surface area contributed by atoms with Crippen LogP contribution in [-0.4, -0.2) is 16.7 Å². The summed E-state index contributed by atoms with van der Waals surface area (Å²) in [6.45, 7) is 3.26. The van der Waals surface area contributed by atoms with Crippen molar-refractivity contribution in [1.29, 1.82) is 0 Å². The Balaban J connectivity index is 1.86. The van der Waals surface area contributed by atoms with Crippen LogP contribution in [0.25, 0.3) is 10.8 Å². The van der Waals surface area contributed by atoms with Crippen LogP contribution in [-0.2, 0) is 0 Å². The van der Waals surface area contributed by atoms with E-state index in [1.54, 1.807) is 13.0 Å². The number of carbonyl (C=O) groups excluding carboxylic acids is 2. The third-order valence-corrected chi connectivity index (χ3v) is 4.52. The number of hydrogen-bond donors (Lipinski definition) is 1. The standard InChI is InChI=1S/C17H14N2O2S/c1-10-15(11(2)20)22-17(18-10)19-16(21)14-8-7-12-5-3-4-6-13(12)9-14/h3-9H,1-2H3,(H,18,19,21). The van der Waals surface area contributed by atoms with Crippen LogP contribution in [0.3, 0.4) is 0 Å². The number of aryl methyl sites for hydroxylation is 1. The van der Waals surface area contributed by atoms with Gasteiger partial charge in [0.2, 0.25) is 0 Å². The molecule has 0 saturated carbocycles. The Morgan fingerprint density at radius 2 is 1.82 bits per heavy atom. The van der Waals surface area contributed by atoms with E-state index in [-0.39, 0.29) is 11.7 Å². The molecule has 0 bridgehead atoms. The van der Waals surface area contributed by atoms with Crippen molar-refractivity contribution >= 4 is 38.9 Å². The third-order valence-electron chi connectivity index (χ3n) is 3.35. The van der Waals surface area contributed by atoms with Crippen LogP contribution in [0.1, 0.15) is 32.6 Å². The minimum Gasteiger partial charge on any atom is -0.298 e. The SMILES string of the molecule is CC(=O)c1sc(NC(=O)c2ccc3ccccc3c2)nc1C. The van der Waals surface area contributed by atoms with Crippen LogP contribution in [0.2, 0.25) is 0 Å². The second kappa shape index (κ2) is 5.69. The summed E-state index contributed by atoms with van der Waals surface area (Å²) in [7, 11) is 0. The summed E-state index contributed by atoms with van der Waals surface area (Å²) in [5.41, 5.74) is 1.21. The first-order chi connectivity index (χ1) is 10.5. The van der Waals surface area contributed by atoms with Gasteiger partial charge < -0.3 is 0 Å². The van der Waals surface area contributed by atoms with Crippen LogP contribution < -0.4 is 5.32 Å². The summed E-state index contributed by atoms with van der Waals surface area (Å²) in [6, 6.07) is 13.4. The molecule has 3 rings (SSSR count). The fourth-order valence-electron chi connectivity index (χ4n) is 2.28. The molecular formula is C17H14N2O2S. The molecule has 0 atom stereocenters. The smallest absolute Gasteiger partial charge is 0.257 e. The summed E-state index contributed by atoms with van der Waals surface area (Å²) < 4.78 is 0. The summed E-state index contributed by atoms with van der Waals surface area (Å²) in [4.78, 5) is 28.6. The molecule has 4 nitrogen and oxygen atoms in total. The Kier molecular flexibility index (Phi) is 3.73. The van der Waals surface area contributed by atoms with Crippen molar-refractivity contribution in [1.82, 2.24) is 4.98 Å². The van der Waals surface area contributed by atoms with Crippen LogP contribution in [0.15, 0.2) is 42.5 Å². The van der Waals surface area contributed by atoms with Gasteiger partial charge in [0.1, 0.15) is 0 Å². The van der Waals surface area contributed by atoms with E-state index in [9.17, 15) is 9.59 Å². The minimum absolute atomic E-state index is 0.0406. The van der Waals surface area contributed by atoms with Crippen molar-refractivity contribution in [2.45, 2.75) is 13.8 Å². The summed E-state index contributed by atoms with van der Waals surface area (Å²) in [5, 5.41) is 5.30. The van der Waals surface area contributed by atoms with Gasteiger partial charge in [0.15, 0.2) is 10.9 Å². The molecule has 22 heavy (non-hydrogen) atoms.